The highest BCUT2D eigenvalue weighted by Crippen LogP contribution is 2.69. The average Bonchev–Trinajstić information content (AvgIpc) is 3.73. The summed E-state index contributed by atoms with van der Waals surface area (Å²) in [5, 5.41) is 123. The molecule has 7 aliphatic rings. The molecule has 21 heteroatoms. The van der Waals surface area contributed by atoms with E-state index < -0.39 is 112 Å². The van der Waals surface area contributed by atoms with E-state index in [9.17, 15) is 61.3 Å². The lowest BCUT2D eigenvalue weighted by Crippen LogP contribution is -2.63. The minimum absolute atomic E-state index is 0.0118. The Labute approximate surface area is 417 Å². The van der Waals surface area contributed by atoms with Gasteiger partial charge in [-0.25, -0.2) is 0 Å². The van der Waals surface area contributed by atoms with Gasteiger partial charge in [0.25, 0.3) is 0 Å². The molecule has 12 N–H and O–H groups in total. The van der Waals surface area contributed by atoms with Crippen molar-refractivity contribution in [1.82, 2.24) is 0 Å². The molecule has 0 spiro atoms. The van der Waals surface area contributed by atoms with E-state index in [1.165, 1.54) is 0 Å². The summed E-state index contributed by atoms with van der Waals surface area (Å²) in [7, 11) is 0. The van der Waals surface area contributed by atoms with Crippen LogP contribution in [0.15, 0.2) is 0 Å². The van der Waals surface area contributed by atoms with Crippen LogP contribution in [0.5, 0.6) is 0 Å². The normalized spacial score (nSPS) is 48.4. The molecule has 6 unspecified atom stereocenters. The van der Waals surface area contributed by atoms with Crippen LogP contribution in [-0.4, -0.2) is 231 Å². The fourth-order valence-electron chi connectivity index (χ4n) is 14.3. The van der Waals surface area contributed by atoms with Crippen molar-refractivity contribution in [2.45, 2.75) is 209 Å². The van der Waals surface area contributed by atoms with Crippen LogP contribution in [0.1, 0.15) is 98.3 Å². The molecule has 0 amide bonds. The molecule has 414 valence electrons. The Balaban J connectivity index is 1.08. The van der Waals surface area contributed by atoms with Crippen molar-refractivity contribution in [3.63, 3.8) is 0 Å². The molecule has 71 heavy (non-hydrogen) atoms. The van der Waals surface area contributed by atoms with Crippen LogP contribution < -0.4 is 0 Å². The van der Waals surface area contributed by atoms with Gasteiger partial charge in [-0.2, -0.15) is 0 Å². The first-order valence-electron chi connectivity index (χ1n) is 26.6. The maximum absolute atomic E-state index is 10.7. The van der Waals surface area contributed by atoms with Crippen molar-refractivity contribution in [2.75, 3.05) is 59.5 Å². The van der Waals surface area contributed by atoms with E-state index in [4.69, 9.17) is 42.6 Å². The van der Waals surface area contributed by atoms with Crippen molar-refractivity contribution in [2.24, 2.45) is 46.3 Å². The lowest BCUT2D eigenvalue weighted by molar-refractivity contribution is -0.305. The standard InChI is InChI=1S/C50H88O21/c1-5-6-7-8-25(2)28-9-10-29-36-30(21-35(50(28,29)4)65-15-18-68-48-45(62)42(59)39(56)34(24-53)71-48)49(3)12-11-27(63-13-16-66-46-43(60)40(57)37(54)32(22-51)69-46)19-26(49)20-31(36)64-14-17-67-47-44(61)41(58)38(55)33(23-52)70-47/h25-48,51-62H,5-24H2,1-4H3/t25-,26+,27-,28-,29+,30+,31-,32?,33?,34?,35+,36+,37-,38-,39-,40?,41?,42?,43+,44+,45+,46-,47-,48-,49+,50-/m1/s1. The van der Waals surface area contributed by atoms with E-state index in [1.807, 2.05) is 0 Å². The van der Waals surface area contributed by atoms with Crippen molar-refractivity contribution in [3.05, 3.63) is 0 Å². The smallest absolute Gasteiger partial charge is 0.186 e. The van der Waals surface area contributed by atoms with Crippen molar-refractivity contribution in [3.8, 4) is 0 Å². The van der Waals surface area contributed by atoms with Gasteiger partial charge in [0.15, 0.2) is 18.9 Å². The fourth-order valence-corrected chi connectivity index (χ4v) is 14.3. The van der Waals surface area contributed by atoms with Gasteiger partial charge >= 0.3 is 0 Å². The summed E-state index contributed by atoms with van der Waals surface area (Å²) < 4.78 is 54.8. The molecule has 4 aliphatic carbocycles. The number of fused-ring (bicyclic) bond motifs is 5. The first kappa shape index (κ1) is 57.9. The molecular formula is C50H88O21. The highest BCUT2D eigenvalue weighted by Gasteiger charge is 2.67. The number of ether oxygens (including phenoxy) is 9. The van der Waals surface area contributed by atoms with Crippen LogP contribution in [-0.2, 0) is 42.6 Å². The molecule has 3 heterocycles. The number of hydrogen-bond acceptors (Lipinski definition) is 21. The number of hydrogen-bond donors (Lipinski definition) is 12. The first-order chi connectivity index (χ1) is 33.9. The SMILES string of the molecule is CCCCC[C@@H](C)[C@H]1CC[C@H]2[C@@H]3[C@H](OCCO[C@@H]4OC(CO)[C@@H](O)C(O)[C@@H]4O)C[C@@H]4C[C@H](OCCO[C@@H]5OC(CO)[C@@H](O)C(O)[C@@H]5O)CC[C@]4(C)[C@H]3C[C@H](OCCO[C@@H]3OC(CO)[C@@H](O)C(O)[C@@H]3O)[C@]12C. The van der Waals surface area contributed by atoms with Crippen LogP contribution in [0.3, 0.4) is 0 Å². The molecule has 0 aromatic rings. The highest BCUT2D eigenvalue weighted by molar-refractivity contribution is 5.15. The Morgan fingerprint density at radius 1 is 0.521 bits per heavy atom. The third kappa shape index (κ3) is 12.2. The molecule has 7 fully saturated rings. The van der Waals surface area contributed by atoms with Gasteiger partial charge in [0, 0.05) is 5.41 Å². The van der Waals surface area contributed by atoms with E-state index in [1.54, 1.807) is 0 Å². The quantitative estimate of drug-likeness (QED) is 0.0529. The first-order valence-corrected chi connectivity index (χ1v) is 26.6. The molecule has 3 saturated heterocycles. The zero-order valence-corrected chi connectivity index (χ0v) is 42.0. The van der Waals surface area contributed by atoms with Crippen molar-refractivity contribution >= 4 is 0 Å². The lowest BCUT2D eigenvalue weighted by Gasteiger charge is -2.64. The Kier molecular flexibility index (Phi) is 20.8. The molecule has 0 radical (unpaired) electrons. The molecule has 7 rings (SSSR count). The third-order valence-electron chi connectivity index (χ3n) is 18.4. The summed E-state index contributed by atoms with van der Waals surface area (Å²) in [4.78, 5) is 0. The fraction of sp³-hybridized carbons (Fsp3) is 1.00. The number of unbranched alkanes of at least 4 members (excludes halogenated alkanes) is 2. The van der Waals surface area contributed by atoms with Crippen molar-refractivity contribution < 1.29 is 104 Å². The second-order valence-electron chi connectivity index (χ2n) is 22.2. The van der Waals surface area contributed by atoms with E-state index in [0.717, 1.165) is 70.6 Å². The van der Waals surface area contributed by atoms with Crippen LogP contribution in [0.2, 0.25) is 0 Å². The van der Waals surface area contributed by atoms with Gasteiger partial charge < -0.3 is 104 Å². The molecule has 0 bridgehead atoms. The van der Waals surface area contributed by atoms with Gasteiger partial charge in [0.1, 0.15) is 73.2 Å². The zero-order valence-electron chi connectivity index (χ0n) is 42.0. The highest BCUT2D eigenvalue weighted by atomic mass is 16.7. The Hall–Kier alpha value is -0.840. The largest absolute Gasteiger partial charge is 0.394 e. The van der Waals surface area contributed by atoms with E-state index in [0.29, 0.717) is 11.8 Å². The van der Waals surface area contributed by atoms with Crippen LogP contribution in [0.25, 0.3) is 0 Å². The third-order valence-corrected chi connectivity index (χ3v) is 18.4. The van der Waals surface area contributed by atoms with Gasteiger partial charge in [-0.1, -0.05) is 53.4 Å². The second kappa shape index (κ2) is 25.5. The Bertz CT molecular complexity index is 1600. The summed E-state index contributed by atoms with van der Waals surface area (Å²) in [5.74, 6) is 1.48. The molecule has 0 aromatic heterocycles. The number of aliphatic hydroxyl groups is 12. The van der Waals surface area contributed by atoms with Gasteiger partial charge in [0.05, 0.1) is 77.8 Å². The molecule has 21 nitrogen and oxygen atoms in total. The van der Waals surface area contributed by atoms with E-state index in [-0.39, 0.29) is 92.5 Å². The second-order valence-corrected chi connectivity index (χ2v) is 22.2. The van der Waals surface area contributed by atoms with Crippen LogP contribution in [0.4, 0.5) is 0 Å². The number of rotatable bonds is 23. The van der Waals surface area contributed by atoms with Crippen molar-refractivity contribution in [1.29, 1.82) is 0 Å². The topological polar surface area (TPSA) is 326 Å². The molecule has 3 aliphatic heterocycles. The maximum atomic E-state index is 10.7. The Morgan fingerprint density at radius 3 is 1.49 bits per heavy atom. The predicted octanol–water partition coefficient (Wildman–Crippen LogP) is -1.31. The van der Waals surface area contributed by atoms with Gasteiger partial charge in [-0.05, 0) is 85.9 Å². The summed E-state index contributed by atoms with van der Waals surface area (Å²) in [5.41, 5.74) is -0.389. The molecule has 26 atom stereocenters. The summed E-state index contributed by atoms with van der Waals surface area (Å²) in [6.45, 7) is 8.25. The van der Waals surface area contributed by atoms with E-state index in [2.05, 4.69) is 27.7 Å². The minimum atomic E-state index is -1.57. The van der Waals surface area contributed by atoms with Gasteiger partial charge in [-0.15, -0.1) is 0 Å². The summed E-state index contributed by atoms with van der Waals surface area (Å²) in [6.07, 6.45) is -10.9. The van der Waals surface area contributed by atoms with Gasteiger partial charge in [0.2, 0.25) is 0 Å². The van der Waals surface area contributed by atoms with E-state index >= 15 is 0 Å². The summed E-state index contributed by atoms with van der Waals surface area (Å²) in [6, 6.07) is 0. The van der Waals surface area contributed by atoms with Crippen LogP contribution >= 0.6 is 0 Å². The number of aliphatic hydroxyl groups excluding tert-OH is 12. The van der Waals surface area contributed by atoms with Crippen LogP contribution in [0, 0.1) is 46.3 Å². The molecule has 0 aromatic carbocycles. The van der Waals surface area contributed by atoms with Gasteiger partial charge in [-0.3, -0.25) is 0 Å². The zero-order chi connectivity index (χ0) is 51.4. The maximum Gasteiger partial charge on any atom is 0.186 e. The lowest BCUT2D eigenvalue weighted by atomic mass is 9.43. The Morgan fingerprint density at radius 2 is 1.00 bits per heavy atom. The summed E-state index contributed by atoms with van der Waals surface area (Å²) >= 11 is 0. The minimum Gasteiger partial charge on any atom is -0.394 e. The predicted molar refractivity (Wildman–Crippen MR) is 248 cm³/mol. The average molecular weight is 1030 g/mol. The molecular weight excluding hydrogens is 937 g/mol. The molecule has 4 saturated carbocycles. The monoisotopic (exact) mass is 1020 g/mol.